The van der Waals surface area contributed by atoms with Gasteiger partial charge in [-0.2, -0.15) is 13.2 Å². The molecule has 118 valence electrons. The molecule has 1 saturated heterocycles. The van der Waals surface area contributed by atoms with Crippen molar-refractivity contribution in [2.45, 2.75) is 12.2 Å². The summed E-state index contributed by atoms with van der Waals surface area (Å²) in [5.41, 5.74) is 0.197. The minimum atomic E-state index is -4.36. The van der Waals surface area contributed by atoms with Crippen LogP contribution in [0.5, 0.6) is 5.75 Å². The lowest BCUT2D eigenvalue weighted by Gasteiger charge is -2.36. The van der Waals surface area contributed by atoms with Crippen molar-refractivity contribution in [1.29, 1.82) is 0 Å². The minimum absolute atomic E-state index is 0.000542. The van der Waals surface area contributed by atoms with Gasteiger partial charge in [0.25, 0.3) is 0 Å². The summed E-state index contributed by atoms with van der Waals surface area (Å²) in [6.45, 7) is 1.78. The van der Waals surface area contributed by atoms with Crippen molar-refractivity contribution in [3.8, 4) is 5.75 Å². The third kappa shape index (κ3) is 2.76. The molecule has 2 aromatic carbocycles. The first kappa shape index (κ1) is 15.1. The number of benzene rings is 2. The lowest BCUT2D eigenvalue weighted by Crippen LogP contribution is -2.49. The Kier molecular flexibility index (Phi) is 3.97. The zero-order valence-corrected chi connectivity index (χ0v) is 11.9. The molecule has 22 heavy (non-hydrogen) atoms. The highest BCUT2D eigenvalue weighted by atomic mass is 19.4. The van der Waals surface area contributed by atoms with Crippen molar-refractivity contribution in [2.75, 3.05) is 26.2 Å². The molecule has 3 rings (SSSR count). The molecule has 1 heterocycles. The largest absolute Gasteiger partial charge is 0.507 e. The first-order chi connectivity index (χ1) is 10.5. The number of fused-ring (bicyclic) bond motifs is 1. The van der Waals surface area contributed by atoms with Gasteiger partial charge in [-0.25, -0.2) is 0 Å². The monoisotopic (exact) mass is 310 g/mol. The fraction of sp³-hybridized carbons (Fsp3) is 0.375. The molecule has 1 fully saturated rings. The van der Waals surface area contributed by atoms with Crippen LogP contribution in [0.15, 0.2) is 36.4 Å². The number of aromatic hydroxyl groups is 1. The van der Waals surface area contributed by atoms with Gasteiger partial charge < -0.3 is 10.4 Å². The molecule has 2 N–H and O–H groups in total. The first-order valence-electron chi connectivity index (χ1n) is 7.20. The van der Waals surface area contributed by atoms with Crippen molar-refractivity contribution < 1.29 is 18.3 Å². The maximum atomic E-state index is 13.7. The highest BCUT2D eigenvalue weighted by Crippen LogP contribution is 2.42. The fourth-order valence-electron chi connectivity index (χ4n) is 3.07. The van der Waals surface area contributed by atoms with E-state index >= 15 is 0 Å². The summed E-state index contributed by atoms with van der Waals surface area (Å²) >= 11 is 0. The highest BCUT2D eigenvalue weighted by molar-refractivity contribution is 5.91. The highest BCUT2D eigenvalue weighted by Gasteiger charge is 2.45. The van der Waals surface area contributed by atoms with E-state index < -0.39 is 12.2 Å². The molecule has 0 amide bonds. The van der Waals surface area contributed by atoms with Gasteiger partial charge in [0, 0.05) is 31.6 Å². The number of hydrogen-bond donors (Lipinski definition) is 2. The van der Waals surface area contributed by atoms with E-state index in [9.17, 15) is 18.3 Å². The Morgan fingerprint density at radius 3 is 2.27 bits per heavy atom. The van der Waals surface area contributed by atoms with Crippen LogP contribution in [0.1, 0.15) is 11.6 Å². The Bertz CT molecular complexity index is 666. The Labute approximate surface area is 126 Å². The second-order valence-corrected chi connectivity index (χ2v) is 5.45. The number of nitrogens with one attached hydrogen (secondary N) is 1. The molecule has 1 aliphatic rings. The Morgan fingerprint density at radius 2 is 1.64 bits per heavy atom. The molecule has 0 unspecified atom stereocenters. The molecule has 0 radical (unpaired) electrons. The quantitative estimate of drug-likeness (QED) is 0.895. The third-order valence-corrected chi connectivity index (χ3v) is 4.06. The summed E-state index contributed by atoms with van der Waals surface area (Å²) in [5, 5.41) is 13.9. The topological polar surface area (TPSA) is 35.5 Å². The second kappa shape index (κ2) is 5.78. The number of alkyl halides is 3. The number of hydrogen-bond acceptors (Lipinski definition) is 3. The van der Waals surface area contributed by atoms with Gasteiger partial charge in [-0.15, -0.1) is 0 Å². The molecule has 1 atom stereocenters. The van der Waals surface area contributed by atoms with E-state index in [2.05, 4.69) is 5.32 Å². The molecule has 0 aromatic heterocycles. The summed E-state index contributed by atoms with van der Waals surface area (Å²) in [6, 6.07) is 7.75. The smallest absolute Gasteiger partial charge is 0.408 e. The summed E-state index contributed by atoms with van der Waals surface area (Å²) in [7, 11) is 0. The average molecular weight is 310 g/mol. The second-order valence-electron chi connectivity index (χ2n) is 5.45. The zero-order valence-electron chi connectivity index (χ0n) is 11.9. The third-order valence-electron chi connectivity index (χ3n) is 4.06. The number of phenols is 1. The number of nitrogens with zero attached hydrogens (tertiary/aromatic N) is 1. The van der Waals surface area contributed by atoms with Crippen molar-refractivity contribution in [3.05, 3.63) is 42.0 Å². The van der Waals surface area contributed by atoms with E-state index in [-0.39, 0.29) is 11.3 Å². The lowest BCUT2D eigenvalue weighted by molar-refractivity contribution is -0.187. The maximum absolute atomic E-state index is 13.7. The minimum Gasteiger partial charge on any atom is -0.507 e. The van der Waals surface area contributed by atoms with E-state index in [4.69, 9.17) is 0 Å². The van der Waals surface area contributed by atoms with E-state index in [1.165, 1.54) is 17.0 Å². The normalized spacial score (nSPS) is 18.5. The van der Waals surface area contributed by atoms with Crippen molar-refractivity contribution >= 4 is 10.8 Å². The number of halogens is 3. The fourth-order valence-corrected chi connectivity index (χ4v) is 3.07. The van der Waals surface area contributed by atoms with Crippen molar-refractivity contribution in [3.63, 3.8) is 0 Å². The van der Waals surface area contributed by atoms with Crippen LogP contribution in [0.25, 0.3) is 10.8 Å². The number of phenolic OH excluding ortho intramolecular Hbond substituents is 1. The first-order valence-corrected chi connectivity index (χ1v) is 7.20. The van der Waals surface area contributed by atoms with Crippen molar-refractivity contribution in [1.82, 2.24) is 10.2 Å². The van der Waals surface area contributed by atoms with Gasteiger partial charge in [-0.05, 0) is 17.0 Å². The zero-order chi connectivity index (χ0) is 15.7. The van der Waals surface area contributed by atoms with Gasteiger partial charge in [-0.3, -0.25) is 4.90 Å². The van der Waals surface area contributed by atoms with E-state index in [0.29, 0.717) is 37.0 Å². The Morgan fingerprint density at radius 1 is 1.00 bits per heavy atom. The standard InChI is InChI=1S/C16H17F3N2O/c17-16(18,19)15(21-9-7-20-8-10-21)13-5-6-14(22)12-4-2-1-3-11(12)13/h1-6,15,20,22H,7-10H2/t15-/m0/s1. The molecule has 0 saturated carbocycles. The van der Waals surface area contributed by atoms with Gasteiger partial charge in [0.05, 0.1) is 0 Å². The summed E-state index contributed by atoms with van der Waals surface area (Å²) < 4.78 is 41.1. The van der Waals surface area contributed by atoms with Crippen LogP contribution in [0.4, 0.5) is 13.2 Å². The molecule has 1 aliphatic heterocycles. The van der Waals surface area contributed by atoms with E-state index in [0.717, 1.165) is 0 Å². The summed E-state index contributed by atoms with van der Waals surface area (Å²) in [4.78, 5) is 1.45. The van der Waals surface area contributed by atoms with E-state index in [1.807, 2.05) is 0 Å². The predicted molar refractivity (Wildman–Crippen MR) is 78.9 cm³/mol. The maximum Gasteiger partial charge on any atom is 0.408 e. The molecule has 2 aromatic rings. The van der Waals surface area contributed by atoms with Crippen LogP contribution in [-0.4, -0.2) is 42.4 Å². The summed E-state index contributed by atoms with van der Waals surface area (Å²) in [5.74, 6) is 0.000542. The number of piperazine rings is 1. The summed E-state index contributed by atoms with van der Waals surface area (Å²) in [6.07, 6.45) is -4.36. The van der Waals surface area contributed by atoms with Crippen LogP contribution < -0.4 is 5.32 Å². The molecular weight excluding hydrogens is 293 g/mol. The Hall–Kier alpha value is -1.79. The predicted octanol–water partition coefficient (Wildman–Crippen LogP) is 3.05. The van der Waals surface area contributed by atoms with Gasteiger partial charge in [0.15, 0.2) is 0 Å². The molecule has 3 nitrogen and oxygen atoms in total. The van der Waals surface area contributed by atoms with Crippen LogP contribution in [-0.2, 0) is 0 Å². The molecule has 6 heteroatoms. The van der Waals surface area contributed by atoms with Crippen LogP contribution in [0.3, 0.4) is 0 Å². The molecule has 0 aliphatic carbocycles. The Balaban J connectivity index is 2.14. The van der Waals surface area contributed by atoms with E-state index in [1.54, 1.807) is 24.3 Å². The van der Waals surface area contributed by atoms with Gasteiger partial charge in [0.1, 0.15) is 11.8 Å². The SMILES string of the molecule is Oc1ccc([C@H](N2CCNCC2)C(F)(F)F)c2ccccc12. The molecule has 0 spiro atoms. The van der Waals surface area contributed by atoms with Crippen LogP contribution in [0.2, 0.25) is 0 Å². The van der Waals surface area contributed by atoms with Crippen molar-refractivity contribution in [2.24, 2.45) is 0 Å². The van der Waals surface area contributed by atoms with Gasteiger partial charge in [0.2, 0.25) is 0 Å². The number of rotatable bonds is 2. The van der Waals surface area contributed by atoms with Gasteiger partial charge >= 0.3 is 6.18 Å². The van der Waals surface area contributed by atoms with Crippen LogP contribution in [0, 0.1) is 0 Å². The van der Waals surface area contributed by atoms with Crippen LogP contribution >= 0.6 is 0 Å². The van der Waals surface area contributed by atoms with Gasteiger partial charge in [-0.1, -0.05) is 30.3 Å². The molecular formula is C16H17F3N2O. The molecule has 0 bridgehead atoms. The average Bonchev–Trinajstić information content (AvgIpc) is 2.50. The lowest BCUT2D eigenvalue weighted by atomic mass is 9.96.